The number of carbonyl (C=O) groups excluding carboxylic acids is 1. The van der Waals surface area contributed by atoms with E-state index in [1.54, 1.807) is 25.1 Å². The lowest BCUT2D eigenvalue weighted by atomic mass is 9.89. The molecule has 6 aromatic rings. The second-order valence-electron chi connectivity index (χ2n) is 12.5. The Bertz CT molecular complexity index is 2580. The van der Waals surface area contributed by atoms with E-state index in [9.17, 15) is 14.7 Å². The second-order valence-corrected chi connectivity index (χ2v) is 12.5. The predicted octanol–water partition coefficient (Wildman–Crippen LogP) is 9.81. The summed E-state index contributed by atoms with van der Waals surface area (Å²) in [5, 5.41) is 16.6. The van der Waals surface area contributed by atoms with E-state index < -0.39 is 0 Å². The molecule has 0 bridgehead atoms. The van der Waals surface area contributed by atoms with Crippen molar-refractivity contribution in [2.75, 3.05) is 5.32 Å². The van der Waals surface area contributed by atoms with Gasteiger partial charge in [0.05, 0.1) is 16.8 Å². The molecular formula is C44H32N2O4. The minimum absolute atomic E-state index is 0.0402. The maximum absolute atomic E-state index is 12.8. The zero-order valence-electron chi connectivity index (χ0n) is 27.3. The normalized spacial score (nSPS) is 11.3. The summed E-state index contributed by atoms with van der Waals surface area (Å²) in [6.45, 7) is 1.96. The Hall–Kier alpha value is -6.53. The molecule has 0 radical (unpaired) electrons. The molecular weight excluding hydrogens is 620 g/mol. The number of phenols is 1. The number of aldehydes is 1. The lowest BCUT2D eigenvalue weighted by Gasteiger charge is -2.19. The van der Waals surface area contributed by atoms with Crippen LogP contribution in [-0.4, -0.2) is 16.4 Å². The summed E-state index contributed by atoms with van der Waals surface area (Å²) in [5.74, 6) is 0.415. The van der Waals surface area contributed by atoms with Gasteiger partial charge in [-0.3, -0.25) is 14.6 Å². The summed E-state index contributed by atoms with van der Waals surface area (Å²) < 4.78 is 6.48. The number of aromatic hydroxyl groups is 1. The van der Waals surface area contributed by atoms with Gasteiger partial charge in [0.2, 0.25) is 0 Å². The predicted molar refractivity (Wildman–Crippen MR) is 200 cm³/mol. The van der Waals surface area contributed by atoms with Crippen LogP contribution in [0, 0.1) is 6.92 Å². The van der Waals surface area contributed by atoms with Crippen LogP contribution in [0.1, 0.15) is 32.7 Å². The van der Waals surface area contributed by atoms with Crippen molar-refractivity contribution in [3.05, 3.63) is 172 Å². The van der Waals surface area contributed by atoms with E-state index in [4.69, 9.17) is 9.40 Å². The van der Waals surface area contributed by atoms with Crippen molar-refractivity contribution in [3.63, 3.8) is 0 Å². The number of carbonyl (C=O) groups is 1. The highest BCUT2D eigenvalue weighted by atomic mass is 16.3. The van der Waals surface area contributed by atoms with Gasteiger partial charge in [-0.05, 0) is 71.1 Å². The van der Waals surface area contributed by atoms with E-state index in [1.165, 1.54) is 11.6 Å². The molecule has 2 heterocycles. The van der Waals surface area contributed by atoms with Gasteiger partial charge >= 0.3 is 0 Å². The summed E-state index contributed by atoms with van der Waals surface area (Å²) in [7, 11) is 0. The molecule has 6 nitrogen and oxygen atoms in total. The van der Waals surface area contributed by atoms with E-state index in [0.717, 1.165) is 45.3 Å². The Labute approximate surface area is 288 Å². The number of hydrogen-bond acceptors (Lipinski definition) is 6. The van der Waals surface area contributed by atoms with Crippen LogP contribution in [0.25, 0.3) is 55.4 Å². The van der Waals surface area contributed by atoms with Gasteiger partial charge in [0.15, 0.2) is 11.7 Å². The van der Waals surface area contributed by atoms with Crippen LogP contribution in [0.5, 0.6) is 5.75 Å². The van der Waals surface area contributed by atoms with Crippen molar-refractivity contribution in [3.8, 4) is 39.3 Å². The van der Waals surface area contributed by atoms with Gasteiger partial charge in [-0.25, -0.2) is 0 Å². The summed E-state index contributed by atoms with van der Waals surface area (Å²) >= 11 is 0. The minimum Gasteiger partial charge on any atom is -0.507 e. The summed E-state index contributed by atoms with van der Waals surface area (Å²) in [6, 6.07) is 43.0. The Morgan fingerprint density at radius 2 is 1.54 bits per heavy atom. The molecule has 0 unspecified atom stereocenters. The summed E-state index contributed by atoms with van der Waals surface area (Å²) in [6.07, 6.45) is 1.53. The number of aromatic nitrogens is 1. The van der Waals surface area contributed by atoms with Gasteiger partial charge in [-0.15, -0.1) is 0 Å². The van der Waals surface area contributed by atoms with Crippen molar-refractivity contribution >= 4 is 33.8 Å². The number of hydrogen-bond donors (Lipinski definition) is 2. The molecule has 0 saturated carbocycles. The third-order valence-corrected chi connectivity index (χ3v) is 9.26. The minimum atomic E-state index is -0.156. The van der Waals surface area contributed by atoms with E-state index in [1.807, 2.05) is 60.7 Å². The van der Waals surface area contributed by atoms with Crippen LogP contribution in [0.15, 0.2) is 143 Å². The average molecular weight is 653 g/mol. The third kappa shape index (κ3) is 5.67. The van der Waals surface area contributed by atoms with Crippen molar-refractivity contribution in [1.82, 2.24) is 4.98 Å². The molecule has 0 saturated heterocycles. The average Bonchev–Trinajstić information content (AvgIpc) is 3.15. The van der Waals surface area contributed by atoms with Crippen LogP contribution in [0.4, 0.5) is 5.69 Å². The van der Waals surface area contributed by atoms with Crippen LogP contribution >= 0.6 is 0 Å². The fourth-order valence-corrected chi connectivity index (χ4v) is 6.72. The smallest absolute Gasteiger partial charge is 0.185 e. The number of phenolic OH excluding ortho intramolecular Hbond substituents is 1. The van der Waals surface area contributed by atoms with Crippen LogP contribution < -0.4 is 10.7 Å². The Kier molecular flexibility index (Phi) is 7.89. The maximum atomic E-state index is 12.8. The van der Waals surface area contributed by atoms with Crippen LogP contribution in [-0.2, 0) is 13.0 Å². The molecule has 0 amide bonds. The lowest BCUT2D eigenvalue weighted by molar-refractivity contribution is 0.112. The SMILES string of the molecule is Cc1cc2c(-c3ccccc3C=O)c3ccc(O)c(CNc4cc(-c5ccccc5)cc5ccc(Cc6ccccc6)nc45)c3oc-2cc1=O. The van der Waals surface area contributed by atoms with E-state index >= 15 is 0 Å². The van der Waals surface area contributed by atoms with Crippen molar-refractivity contribution in [2.24, 2.45) is 0 Å². The number of nitrogens with zero attached hydrogens (tertiary/aromatic N) is 1. The molecule has 0 atom stereocenters. The quantitative estimate of drug-likeness (QED) is 0.125. The van der Waals surface area contributed by atoms with Crippen molar-refractivity contribution in [2.45, 2.75) is 19.9 Å². The molecule has 8 rings (SSSR count). The van der Waals surface area contributed by atoms with Crippen LogP contribution in [0.2, 0.25) is 0 Å². The number of aryl methyl sites for hydroxylation is 1. The standard InChI is InChI=1S/C44H32N2O4/c1-27-20-36-41(24-40(27)49)50-44-35(42(36)34-15-9-8-14-31(34)26-47)18-19-39(48)37(44)25-45-38-23-32(29-12-6-3-7-13-29)22-30-16-17-33(46-43(30)38)21-28-10-4-2-5-11-28/h2-20,22-24,26,45,48H,21,25H2,1H3. The molecule has 2 aliphatic rings. The van der Waals surface area contributed by atoms with Gasteiger partial charge in [-0.2, -0.15) is 0 Å². The molecule has 1 aliphatic carbocycles. The van der Waals surface area contributed by atoms with E-state index in [0.29, 0.717) is 51.0 Å². The fraction of sp³-hybridized carbons (Fsp3) is 0.0682. The van der Waals surface area contributed by atoms with Gasteiger partial charge in [-0.1, -0.05) is 91.0 Å². The zero-order valence-corrected chi connectivity index (χ0v) is 27.3. The first-order chi connectivity index (χ1) is 24.5. The van der Waals surface area contributed by atoms with E-state index in [-0.39, 0.29) is 17.7 Å². The van der Waals surface area contributed by atoms with Gasteiger partial charge in [0.1, 0.15) is 17.1 Å². The van der Waals surface area contributed by atoms with Gasteiger partial charge in [0, 0.05) is 52.2 Å². The molecule has 6 heteroatoms. The highest BCUT2D eigenvalue weighted by molar-refractivity contribution is 6.06. The number of fused-ring (bicyclic) bond motifs is 3. The molecule has 1 aliphatic heterocycles. The van der Waals surface area contributed by atoms with E-state index in [2.05, 4.69) is 53.8 Å². The number of pyridine rings is 1. The fourth-order valence-electron chi connectivity index (χ4n) is 6.72. The Morgan fingerprint density at radius 1 is 0.780 bits per heavy atom. The zero-order chi connectivity index (χ0) is 34.2. The second kappa shape index (κ2) is 12.8. The summed E-state index contributed by atoms with van der Waals surface area (Å²) in [4.78, 5) is 30.2. The van der Waals surface area contributed by atoms with Crippen LogP contribution in [0.3, 0.4) is 0 Å². The first-order valence-electron chi connectivity index (χ1n) is 16.5. The molecule has 242 valence electrons. The van der Waals surface area contributed by atoms with Gasteiger partial charge in [0.25, 0.3) is 0 Å². The molecule has 5 aromatic carbocycles. The number of benzene rings is 6. The number of anilines is 1. The lowest BCUT2D eigenvalue weighted by Crippen LogP contribution is -2.07. The Balaban J connectivity index is 1.29. The van der Waals surface area contributed by atoms with Crippen molar-refractivity contribution < 1.29 is 14.3 Å². The molecule has 50 heavy (non-hydrogen) atoms. The monoisotopic (exact) mass is 652 g/mol. The molecule has 2 N–H and O–H groups in total. The largest absolute Gasteiger partial charge is 0.507 e. The summed E-state index contributed by atoms with van der Waals surface area (Å²) in [5.41, 5.74) is 9.89. The molecule has 0 fully saturated rings. The third-order valence-electron chi connectivity index (χ3n) is 9.26. The maximum Gasteiger partial charge on any atom is 0.185 e. The number of nitrogens with one attached hydrogen (secondary N) is 1. The first kappa shape index (κ1) is 30.8. The molecule has 1 aromatic heterocycles. The Morgan fingerprint density at radius 3 is 2.34 bits per heavy atom. The van der Waals surface area contributed by atoms with Gasteiger partial charge < -0.3 is 14.8 Å². The molecule has 0 spiro atoms. The topological polar surface area (TPSA) is 92.4 Å². The highest BCUT2D eigenvalue weighted by Gasteiger charge is 2.23. The number of rotatable bonds is 8. The van der Waals surface area contributed by atoms with Crippen molar-refractivity contribution in [1.29, 1.82) is 0 Å². The first-order valence-corrected chi connectivity index (χ1v) is 16.5. The highest BCUT2D eigenvalue weighted by Crippen LogP contribution is 2.44.